The van der Waals surface area contributed by atoms with Gasteiger partial charge in [0.1, 0.15) is 0 Å². The van der Waals surface area contributed by atoms with E-state index in [1.165, 1.54) is 77.0 Å². The molecule has 0 aliphatic rings. The lowest BCUT2D eigenvalue weighted by Crippen LogP contribution is -2.36. The van der Waals surface area contributed by atoms with Crippen molar-refractivity contribution in [3.63, 3.8) is 0 Å². The second-order valence-corrected chi connectivity index (χ2v) is 9.55. The van der Waals surface area contributed by atoms with Gasteiger partial charge in [-0.1, -0.05) is 78.1 Å². The third kappa shape index (κ3) is 21.9. The van der Waals surface area contributed by atoms with Gasteiger partial charge in [-0.25, -0.2) is 0 Å². The maximum Gasteiger partial charge on any atom is 0.230 e. The van der Waals surface area contributed by atoms with Gasteiger partial charge in [0.2, 0.25) is 11.8 Å². The summed E-state index contributed by atoms with van der Waals surface area (Å²) in [5.41, 5.74) is 0. The van der Waals surface area contributed by atoms with Crippen LogP contribution >= 0.6 is 23.5 Å². The van der Waals surface area contributed by atoms with Gasteiger partial charge in [-0.2, -0.15) is 23.5 Å². The topological polar surface area (TPSA) is 58.2 Å². The molecule has 4 nitrogen and oxygen atoms in total. The van der Waals surface area contributed by atoms with Crippen molar-refractivity contribution in [2.45, 2.75) is 90.9 Å². The van der Waals surface area contributed by atoms with E-state index in [2.05, 4.69) is 24.5 Å². The molecule has 2 amide bonds. The summed E-state index contributed by atoms with van der Waals surface area (Å²) < 4.78 is 0. The van der Waals surface area contributed by atoms with E-state index < -0.39 is 0 Å². The highest BCUT2D eigenvalue weighted by Crippen LogP contribution is 2.10. The molecule has 0 aromatic heterocycles. The van der Waals surface area contributed by atoms with E-state index in [1.54, 1.807) is 23.5 Å². The van der Waals surface area contributed by atoms with Crippen molar-refractivity contribution in [2.75, 3.05) is 36.1 Å². The first kappa shape index (κ1) is 27.6. The third-order valence-electron chi connectivity index (χ3n) is 4.52. The number of unbranched alkanes of at least 4 members (excludes halogenated alkanes) is 10. The number of carbonyl (C=O) groups is 2. The molecule has 0 fully saturated rings. The van der Waals surface area contributed by atoms with Crippen molar-refractivity contribution in [1.29, 1.82) is 0 Å². The molecule has 0 aromatic carbocycles. The average Bonchev–Trinajstić information content (AvgIpc) is 2.69. The van der Waals surface area contributed by atoms with Crippen LogP contribution < -0.4 is 10.6 Å². The highest BCUT2D eigenvalue weighted by atomic mass is 32.2. The first-order chi connectivity index (χ1) is 13.7. The molecule has 28 heavy (non-hydrogen) atoms. The Morgan fingerprint density at radius 1 is 0.571 bits per heavy atom. The fraction of sp³-hybridized carbons (Fsp3) is 0.909. The van der Waals surface area contributed by atoms with E-state index in [0.29, 0.717) is 24.6 Å². The minimum atomic E-state index is 0.0719. The van der Waals surface area contributed by atoms with Gasteiger partial charge in [-0.15, -0.1) is 0 Å². The predicted octanol–water partition coefficient (Wildman–Crippen LogP) is 5.41. The van der Waals surface area contributed by atoms with Gasteiger partial charge in [0.05, 0.1) is 11.5 Å². The van der Waals surface area contributed by atoms with Crippen LogP contribution in [0.25, 0.3) is 0 Å². The molecule has 0 bridgehead atoms. The lowest BCUT2D eigenvalue weighted by atomic mass is 10.1. The van der Waals surface area contributed by atoms with Gasteiger partial charge in [0.15, 0.2) is 0 Å². The zero-order valence-corrected chi connectivity index (χ0v) is 20.0. The first-order valence-electron chi connectivity index (χ1n) is 11.4. The van der Waals surface area contributed by atoms with Crippen molar-refractivity contribution < 1.29 is 9.59 Å². The Morgan fingerprint density at radius 3 is 1.32 bits per heavy atom. The van der Waals surface area contributed by atoms with E-state index in [0.717, 1.165) is 11.5 Å². The van der Waals surface area contributed by atoms with Crippen LogP contribution in [0.15, 0.2) is 0 Å². The van der Waals surface area contributed by atoms with Crippen LogP contribution in [0.1, 0.15) is 90.9 Å². The fourth-order valence-electron chi connectivity index (χ4n) is 2.80. The van der Waals surface area contributed by atoms with Crippen molar-refractivity contribution in [1.82, 2.24) is 10.6 Å². The van der Waals surface area contributed by atoms with E-state index in [4.69, 9.17) is 0 Å². The molecule has 0 saturated heterocycles. The van der Waals surface area contributed by atoms with E-state index in [-0.39, 0.29) is 11.8 Å². The van der Waals surface area contributed by atoms with Crippen LogP contribution in [-0.2, 0) is 9.59 Å². The van der Waals surface area contributed by atoms with Crippen LogP contribution in [0, 0.1) is 0 Å². The Bertz CT molecular complexity index is 334. The average molecular weight is 433 g/mol. The summed E-state index contributed by atoms with van der Waals surface area (Å²) in [5, 5.41) is 5.75. The molecular weight excluding hydrogens is 388 g/mol. The molecule has 0 heterocycles. The summed E-state index contributed by atoms with van der Waals surface area (Å²) in [4.78, 5) is 23.5. The Labute approximate surface area is 182 Å². The molecular formula is C22H44N2O2S2. The largest absolute Gasteiger partial charge is 0.354 e. The van der Waals surface area contributed by atoms with Crippen LogP contribution in [0.3, 0.4) is 0 Å². The maximum absolute atomic E-state index is 11.8. The summed E-state index contributed by atoms with van der Waals surface area (Å²) in [6.07, 6.45) is 15.5. The smallest absolute Gasteiger partial charge is 0.230 e. The number of amides is 2. The molecule has 0 saturated carbocycles. The Morgan fingerprint density at radius 2 is 0.929 bits per heavy atom. The molecule has 2 N–H and O–H groups in total. The van der Waals surface area contributed by atoms with E-state index >= 15 is 0 Å². The molecule has 0 rings (SSSR count). The fourth-order valence-corrected chi connectivity index (χ4v) is 4.48. The van der Waals surface area contributed by atoms with Crippen molar-refractivity contribution in [3.8, 4) is 0 Å². The molecule has 0 unspecified atom stereocenters. The first-order valence-corrected chi connectivity index (χ1v) is 13.7. The molecule has 0 aliphatic heterocycles. The van der Waals surface area contributed by atoms with Gasteiger partial charge in [0, 0.05) is 13.1 Å². The van der Waals surface area contributed by atoms with E-state index in [9.17, 15) is 9.59 Å². The summed E-state index contributed by atoms with van der Waals surface area (Å²) in [5.74, 6) is 3.32. The van der Waals surface area contributed by atoms with E-state index in [1.807, 2.05) is 0 Å². The third-order valence-corrected chi connectivity index (χ3v) is 6.61. The standard InChI is InChI=1S/C22H44N2O2S2/c1-3-5-7-9-11-13-17-27-19-21(25)23-15-16-24-22(26)20-28-18-14-12-10-8-6-4-2/h3-20H2,1-2H3,(H,23,25)(H,24,26). The monoisotopic (exact) mass is 432 g/mol. The Balaban J connectivity index is 3.30. The Kier molecular flexibility index (Phi) is 22.6. The highest BCUT2D eigenvalue weighted by molar-refractivity contribution is 8.00. The molecule has 0 spiro atoms. The van der Waals surface area contributed by atoms with Gasteiger partial charge < -0.3 is 10.6 Å². The number of nitrogens with one attached hydrogen (secondary N) is 2. The number of thioether (sulfide) groups is 2. The second-order valence-electron chi connectivity index (χ2n) is 7.34. The van der Waals surface area contributed by atoms with Gasteiger partial charge in [-0.3, -0.25) is 9.59 Å². The molecule has 0 radical (unpaired) electrons. The van der Waals surface area contributed by atoms with Gasteiger partial charge >= 0.3 is 0 Å². The SMILES string of the molecule is CCCCCCCCSCC(=O)NCCNC(=O)CSCCCCCCCC. The van der Waals surface area contributed by atoms with Gasteiger partial charge in [0.25, 0.3) is 0 Å². The number of rotatable bonds is 21. The number of hydrogen-bond acceptors (Lipinski definition) is 4. The van der Waals surface area contributed by atoms with Crippen molar-refractivity contribution in [3.05, 3.63) is 0 Å². The summed E-state index contributed by atoms with van der Waals surface area (Å²) in [7, 11) is 0. The predicted molar refractivity (Wildman–Crippen MR) is 127 cm³/mol. The highest BCUT2D eigenvalue weighted by Gasteiger charge is 2.03. The zero-order chi connectivity index (χ0) is 20.7. The summed E-state index contributed by atoms with van der Waals surface area (Å²) >= 11 is 3.42. The van der Waals surface area contributed by atoms with Gasteiger partial charge in [-0.05, 0) is 24.3 Å². The second kappa shape index (κ2) is 22.9. The minimum Gasteiger partial charge on any atom is -0.354 e. The minimum absolute atomic E-state index is 0.0719. The van der Waals surface area contributed by atoms with Crippen LogP contribution in [0.5, 0.6) is 0 Å². The normalized spacial score (nSPS) is 10.8. The van der Waals surface area contributed by atoms with Crippen LogP contribution in [-0.4, -0.2) is 47.9 Å². The lowest BCUT2D eigenvalue weighted by molar-refractivity contribution is -0.120. The van der Waals surface area contributed by atoms with Crippen LogP contribution in [0.2, 0.25) is 0 Å². The summed E-state index contributed by atoms with van der Waals surface area (Å²) in [6.45, 7) is 5.50. The quantitative estimate of drug-likeness (QED) is 0.238. The van der Waals surface area contributed by atoms with Crippen molar-refractivity contribution in [2.24, 2.45) is 0 Å². The molecule has 0 atom stereocenters. The lowest BCUT2D eigenvalue weighted by Gasteiger charge is -2.07. The number of carbonyl (C=O) groups excluding carboxylic acids is 2. The van der Waals surface area contributed by atoms with Crippen LogP contribution in [0.4, 0.5) is 0 Å². The van der Waals surface area contributed by atoms with Crippen molar-refractivity contribution >= 4 is 35.3 Å². The molecule has 0 aromatic rings. The number of hydrogen-bond donors (Lipinski definition) is 2. The zero-order valence-electron chi connectivity index (χ0n) is 18.4. The molecule has 6 heteroatoms. The molecule has 166 valence electrons. The maximum atomic E-state index is 11.8. The Hall–Kier alpha value is -0.360. The molecule has 0 aliphatic carbocycles. The summed E-state index contributed by atoms with van der Waals surface area (Å²) in [6, 6.07) is 0.